The van der Waals surface area contributed by atoms with E-state index in [9.17, 15) is 9.18 Å². The monoisotopic (exact) mass is 308 g/mol. The molecular weight excluding hydrogens is 283 g/mol. The molecule has 122 valence electrons. The van der Waals surface area contributed by atoms with Crippen LogP contribution in [0.3, 0.4) is 0 Å². The standard InChI is InChI=1S/C17H25FN2O2/c1-3-15(13-5-7-14(18)8-6-13)19-16(4-2)17(21)20-9-11-22-12-10-20/h5-8,15-16,19H,3-4,9-12H2,1-2H3/t15-,16-/m1/s1. The molecule has 0 aromatic heterocycles. The van der Waals surface area contributed by atoms with Crippen LogP contribution in [0.5, 0.6) is 0 Å². The van der Waals surface area contributed by atoms with Crippen molar-refractivity contribution in [2.24, 2.45) is 0 Å². The number of carbonyl (C=O) groups excluding carboxylic acids is 1. The van der Waals surface area contributed by atoms with Crippen LogP contribution in [0.2, 0.25) is 0 Å². The lowest BCUT2D eigenvalue weighted by atomic mass is 10.0. The Balaban J connectivity index is 2.03. The van der Waals surface area contributed by atoms with E-state index in [4.69, 9.17) is 4.74 Å². The predicted molar refractivity (Wildman–Crippen MR) is 84.0 cm³/mol. The third-order valence-corrected chi connectivity index (χ3v) is 4.11. The molecule has 0 spiro atoms. The van der Waals surface area contributed by atoms with Gasteiger partial charge in [0.1, 0.15) is 5.82 Å². The first-order valence-electron chi connectivity index (χ1n) is 8.03. The molecule has 1 saturated heterocycles. The molecule has 0 bridgehead atoms. The zero-order valence-electron chi connectivity index (χ0n) is 13.3. The lowest BCUT2D eigenvalue weighted by Gasteiger charge is -2.32. The fraction of sp³-hybridized carbons (Fsp3) is 0.588. The fourth-order valence-corrected chi connectivity index (χ4v) is 2.76. The highest BCUT2D eigenvalue weighted by Gasteiger charge is 2.26. The summed E-state index contributed by atoms with van der Waals surface area (Å²) in [7, 11) is 0. The highest BCUT2D eigenvalue weighted by molar-refractivity contribution is 5.82. The first-order chi connectivity index (χ1) is 10.7. The van der Waals surface area contributed by atoms with Crippen molar-refractivity contribution in [1.82, 2.24) is 10.2 Å². The number of hydrogen-bond acceptors (Lipinski definition) is 3. The molecule has 0 unspecified atom stereocenters. The van der Waals surface area contributed by atoms with E-state index >= 15 is 0 Å². The van der Waals surface area contributed by atoms with E-state index in [1.807, 2.05) is 11.8 Å². The molecule has 1 aliphatic rings. The highest BCUT2D eigenvalue weighted by atomic mass is 19.1. The van der Waals surface area contributed by atoms with Gasteiger partial charge in [-0.2, -0.15) is 0 Å². The van der Waals surface area contributed by atoms with Gasteiger partial charge >= 0.3 is 0 Å². The smallest absolute Gasteiger partial charge is 0.239 e. The van der Waals surface area contributed by atoms with Crippen molar-refractivity contribution in [3.05, 3.63) is 35.6 Å². The van der Waals surface area contributed by atoms with Crippen molar-refractivity contribution >= 4 is 5.91 Å². The van der Waals surface area contributed by atoms with Gasteiger partial charge in [-0.3, -0.25) is 10.1 Å². The molecule has 2 atom stereocenters. The van der Waals surface area contributed by atoms with Gasteiger partial charge in [-0.05, 0) is 30.5 Å². The predicted octanol–water partition coefficient (Wildman–Crippen LogP) is 2.50. The Morgan fingerprint density at radius 2 is 1.86 bits per heavy atom. The summed E-state index contributed by atoms with van der Waals surface area (Å²) < 4.78 is 18.4. The number of rotatable bonds is 6. The van der Waals surface area contributed by atoms with E-state index in [0.717, 1.165) is 18.4 Å². The van der Waals surface area contributed by atoms with E-state index in [1.54, 1.807) is 12.1 Å². The summed E-state index contributed by atoms with van der Waals surface area (Å²) in [6.45, 7) is 6.60. The lowest BCUT2D eigenvalue weighted by molar-refractivity contribution is -0.137. The van der Waals surface area contributed by atoms with Crippen LogP contribution in [-0.2, 0) is 9.53 Å². The van der Waals surface area contributed by atoms with Crippen LogP contribution in [-0.4, -0.2) is 43.2 Å². The van der Waals surface area contributed by atoms with Crippen LogP contribution >= 0.6 is 0 Å². The second-order valence-corrected chi connectivity index (χ2v) is 5.58. The van der Waals surface area contributed by atoms with Crippen molar-refractivity contribution in [1.29, 1.82) is 0 Å². The zero-order valence-corrected chi connectivity index (χ0v) is 13.3. The second-order valence-electron chi connectivity index (χ2n) is 5.58. The van der Waals surface area contributed by atoms with Crippen LogP contribution in [0.1, 0.15) is 38.3 Å². The highest BCUT2D eigenvalue weighted by Crippen LogP contribution is 2.19. The number of hydrogen-bond donors (Lipinski definition) is 1. The Morgan fingerprint density at radius 1 is 1.23 bits per heavy atom. The van der Waals surface area contributed by atoms with E-state index < -0.39 is 0 Å². The quantitative estimate of drug-likeness (QED) is 0.878. The average molecular weight is 308 g/mol. The van der Waals surface area contributed by atoms with E-state index in [0.29, 0.717) is 26.3 Å². The number of benzene rings is 1. The van der Waals surface area contributed by atoms with Gasteiger partial charge in [0.15, 0.2) is 0 Å². The summed E-state index contributed by atoms with van der Waals surface area (Å²) in [5.41, 5.74) is 1.01. The third-order valence-electron chi connectivity index (χ3n) is 4.11. The molecule has 1 aromatic rings. The maximum Gasteiger partial charge on any atom is 0.239 e. The Kier molecular flexibility index (Phi) is 6.34. The fourth-order valence-electron chi connectivity index (χ4n) is 2.76. The van der Waals surface area contributed by atoms with Crippen LogP contribution in [0.4, 0.5) is 4.39 Å². The van der Waals surface area contributed by atoms with E-state index in [-0.39, 0.29) is 23.8 Å². The first-order valence-corrected chi connectivity index (χ1v) is 8.03. The van der Waals surface area contributed by atoms with Crippen molar-refractivity contribution in [3.63, 3.8) is 0 Å². The number of amides is 1. The minimum atomic E-state index is -0.241. The topological polar surface area (TPSA) is 41.6 Å². The zero-order chi connectivity index (χ0) is 15.9. The van der Waals surface area contributed by atoms with E-state index in [2.05, 4.69) is 12.2 Å². The van der Waals surface area contributed by atoms with Gasteiger partial charge in [0.05, 0.1) is 19.3 Å². The van der Waals surface area contributed by atoms with Gasteiger partial charge in [0.2, 0.25) is 5.91 Å². The molecule has 0 radical (unpaired) electrons. The number of ether oxygens (including phenoxy) is 1. The number of nitrogens with one attached hydrogen (secondary N) is 1. The van der Waals surface area contributed by atoms with E-state index in [1.165, 1.54) is 12.1 Å². The van der Waals surface area contributed by atoms with Gasteiger partial charge in [0, 0.05) is 19.1 Å². The molecule has 5 heteroatoms. The Morgan fingerprint density at radius 3 is 2.41 bits per heavy atom. The summed E-state index contributed by atoms with van der Waals surface area (Å²) in [5.74, 6) is -0.110. The maximum absolute atomic E-state index is 13.1. The van der Waals surface area contributed by atoms with Gasteiger partial charge < -0.3 is 9.64 Å². The number of carbonyl (C=O) groups is 1. The summed E-state index contributed by atoms with van der Waals surface area (Å²) in [6, 6.07) is 6.32. The van der Waals surface area contributed by atoms with Crippen molar-refractivity contribution < 1.29 is 13.9 Å². The summed E-state index contributed by atoms with van der Waals surface area (Å²) >= 11 is 0. The summed E-state index contributed by atoms with van der Waals surface area (Å²) in [6.07, 6.45) is 1.58. The average Bonchev–Trinajstić information content (AvgIpc) is 2.57. The normalized spacial score (nSPS) is 18.0. The number of halogens is 1. The molecule has 4 nitrogen and oxygen atoms in total. The first kappa shape index (κ1) is 16.9. The minimum Gasteiger partial charge on any atom is -0.378 e. The second kappa shape index (κ2) is 8.25. The Labute approximate surface area is 131 Å². The third kappa shape index (κ3) is 4.27. The summed E-state index contributed by atoms with van der Waals surface area (Å²) in [5, 5.41) is 3.43. The maximum atomic E-state index is 13.1. The number of nitrogens with zero attached hydrogens (tertiary/aromatic N) is 1. The minimum absolute atomic E-state index is 0.0514. The largest absolute Gasteiger partial charge is 0.378 e. The number of morpholine rings is 1. The molecule has 0 aliphatic carbocycles. The van der Waals surface area contributed by atoms with Gasteiger partial charge in [-0.15, -0.1) is 0 Å². The van der Waals surface area contributed by atoms with Gasteiger partial charge in [-0.25, -0.2) is 4.39 Å². The van der Waals surface area contributed by atoms with Gasteiger partial charge in [0.25, 0.3) is 0 Å². The summed E-state index contributed by atoms with van der Waals surface area (Å²) in [4.78, 5) is 14.5. The molecule has 1 fully saturated rings. The molecule has 1 amide bonds. The van der Waals surface area contributed by atoms with Crippen LogP contribution in [0.25, 0.3) is 0 Å². The lowest BCUT2D eigenvalue weighted by Crippen LogP contribution is -2.50. The van der Waals surface area contributed by atoms with Crippen LogP contribution in [0, 0.1) is 5.82 Å². The molecule has 2 rings (SSSR count). The molecule has 0 saturated carbocycles. The van der Waals surface area contributed by atoms with Crippen molar-refractivity contribution in [2.75, 3.05) is 26.3 Å². The molecule has 22 heavy (non-hydrogen) atoms. The Hall–Kier alpha value is -1.46. The SMILES string of the molecule is CC[C@@H](N[C@H](CC)c1ccc(F)cc1)C(=O)N1CCOCC1. The molecule has 1 aromatic carbocycles. The molecule has 1 N–H and O–H groups in total. The van der Waals surface area contributed by atoms with Crippen molar-refractivity contribution in [2.45, 2.75) is 38.8 Å². The van der Waals surface area contributed by atoms with Crippen molar-refractivity contribution in [3.8, 4) is 0 Å². The molecule has 1 aliphatic heterocycles. The molecular formula is C17H25FN2O2. The van der Waals surface area contributed by atoms with Gasteiger partial charge in [-0.1, -0.05) is 26.0 Å². The van der Waals surface area contributed by atoms with Crippen LogP contribution in [0.15, 0.2) is 24.3 Å². The molecule has 1 heterocycles. The van der Waals surface area contributed by atoms with Crippen LogP contribution < -0.4 is 5.32 Å². The Bertz CT molecular complexity index is 472.